The fourth-order valence-corrected chi connectivity index (χ4v) is 2.98. The molecule has 0 aliphatic rings. The highest BCUT2D eigenvalue weighted by molar-refractivity contribution is 5.51. The first kappa shape index (κ1) is 19.7. The molecule has 1 aromatic rings. The van der Waals surface area contributed by atoms with Gasteiger partial charge in [0.25, 0.3) is 0 Å². The summed E-state index contributed by atoms with van der Waals surface area (Å²) in [5.74, 6) is 0.461. The summed E-state index contributed by atoms with van der Waals surface area (Å²) in [6.07, 6.45) is 13.5. The van der Waals surface area contributed by atoms with Crippen LogP contribution >= 0.6 is 0 Å². The molecule has 0 radical (unpaired) electrons. The van der Waals surface area contributed by atoms with Gasteiger partial charge >= 0.3 is 0 Å². The molecule has 1 rings (SSSR count). The fourth-order valence-electron chi connectivity index (χ4n) is 2.98. The number of allylic oxidation sites excluding steroid dienone is 2. The highest BCUT2D eigenvalue weighted by Gasteiger charge is 2.20. The highest BCUT2D eigenvalue weighted by Crippen LogP contribution is 2.32. The average Bonchev–Trinajstić information content (AvgIpc) is 2.54. The van der Waals surface area contributed by atoms with E-state index in [1.807, 2.05) is 0 Å². The molecule has 0 heterocycles. The summed E-state index contributed by atoms with van der Waals surface area (Å²) < 4.78 is 0. The van der Waals surface area contributed by atoms with Crippen molar-refractivity contribution in [1.82, 2.24) is 0 Å². The van der Waals surface area contributed by atoms with Crippen LogP contribution in [0.5, 0.6) is 0 Å². The fraction of sp³-hybridized carbons (Fsp3) is 0.591. The maximum Gasteiger partial charge on any atom is 0.120 e. The van der Waals surface area contributed by atoms with Gasteiger partial charge in [0.2, 0.25) is 0 Å². The lowest BCUT2D eigenvalue weighted by Crippen LogP contribution is -2.14. The summed E-state index contributed by atoms with van der Waals surface area (Å²) in [7, 11) is 0. The van der Waals surface area contributed by atoms with Crippen LogP contribution in [0, 0.1) is 12.3 Å². The lowest BCUT2D eigenvalue weighted by Gasteiger charge is -2.24. The molecular weight excluding hydrogens is 280 g/mol. The van der Waals surface area contributed by atoms with Gasteiger partial charge in [-0.25, -0.2) is 0 Å². The van der Waals surface area contributed by atoms with E-state index < -0.39 is 0 Å². The van der Waals surface area contributed by atoms with Crippen LogP contribution in [0.2, 0.25) is 0 Å². The van der Waals surface area contributed by atoms with E-state index in [1.54, 1.807) is 0 Å². The van der Waals surface area contributed by atoms with E-state index in [0.29, 0.717) is 12.3 Å². The Balaban J connectivity index is 2.92. The first-order valence-electron chi connectivity index (χ1n) is 9.24. The molecule has 0 fully saturated rings. The first-order valence-corrected chi connectivity index (χ1v) is 9.24. The summed E-state index contributed by atoms with van der Waals surface area (Å²) in [5.41, 5.74) is 2.71. The van der Waals surface area contributed by atoms with Gasteiger partial charge < -0.3 is 4.79 Å². The Labute approximate surface area is 143 Å². The van der Waals surface area contributed by atoms with Gasteiger partial charge in [0.15, 0.2) is 0 Å². The number of carbonyl (C=O) groups excluding carboxylic acids is 1. The molecule has 0 saturated heterocycles. The molecule has 23 heavy (non-hydrogen) atoms. The lowest BCUT2D eigenvalue weighted by molar-refractivity contribution is -0.109. The molecule has 0 amide bonds. The third-order valence-electron chi connectivity index (χ3n) is 4.76. The van der Waals surface area contributed by atoms with E-state index in [1.165, 1.54) is 43.2 Å². The van der Waals surface area contributed by atoms with Gasteiger partial charge in [-0.15, -0.1) is 0 Å². The van der Waals surface area contributed by atoms with Gasteiger partial charge in [-0.3, -0.25) is 0 Å². The van der Waals surface area contributed by atoms with Crippen LogP contribution in [-0.2, 0) is 4.79 Å². The van der Waals surface area contributed by atoms with E-state index in [9.17, 15) is 4.79 Å². The summed E-state index contributed by atoms with van der Waals surface area (Å²) in [5, 5.41) is 0. The van der Waals surface area contributed by atoms with Gasteiger partial charge in [-0.1, -0.05) is 88.4 Å². The normalized spacial score (nSPS) is 15.5. The molecule has 128 valence electrons. The van der Waals surface area contributed by atoms with E-state index in [4.69, 9.17) is 0 Å². The number of unbranched alkanes of at least 4 members (excludes halogenated alkanes) is 2. The van der Waals surface area contributed by atoms with Gasteiger partial charge in [-0.05, 0) is 30.7 Å². The molecule has 0 saturated carbocycles. The Kier molecular flexibility index (Phi) is 8.91. The van der Waals surface area contributed by atoms with E-state index in [2.05, 4.69) is 64.1 Å². The molecule has 0 aliphatic heterocycles. The van der Waals surface area contributed by atoms with Crippen LogP contribution in [0.1, 0.15) is 82.8 Å². The van der Waals surface area contributed by atoms with Crippen molar-refractivity contribution in [3.05, 3.63) is 47.5 Å². The molecule has 2 atom stereocenters. The molecule has 1 heteroatoms. The second-order valence-corrected chi connectivity index (χ2v) is 7.15. The van der Waals surface area contributed by atoms with Gasteiger partial charge in [0.05, 0.1) is 0 Å². The van der Waals surface area contributed by atoms with Crippen molar-refractivity contribution in [2.75, 3.05) is 0 Å². The number of hydrogen-bond donors (Lipinski definition) is 0. The SMILES string of the molecule is CCCC[C@H](/C=C/[C@@](C)(CC=O)CCCC)c1ccc(C)cc1. The van der Waals surface area contributed by atoms with Crippen molar-refractivity contribution in [1.29, 1.82) is 0 Å². The molecule has 0 aliphatic carbocycles. The molecule has 0 spiro atoms. The minimum atomic E-state index is 0.00687. The average molecular weight is 315 g/mol. The predicted octanol–water partition coefficient (Wildman–Crippen LogP) is 6.61. The molecule has 0 bridgehead atoms. The first-order chi connectivity index (χ1) is 11.0. The van der Waals surface area contributed by atoms with E-state index in [-0.39, 0.29) is 5.41 Å². The molecule has 0 unspecified atom stereocenters. The Morgan fingerprint density at radius 1 is 1.09 bits per heavy atom. The summed E-state index contributed by atoms with van der Waals surface area (Å²) in [6, 6.07) is 8.90. The predicted molar refractivity (Wildman–Crippen MR) is 101 cm³/mol. The van der Waals surface area contributed by atoms with Crippen LogP contribution < -0.4 is 0 Å². The second kappa shape index (κ2) is 10.4. The van der Waals surface area contributed by atoms with Crippen molar-refractivity contribution < 1.29 is 4.79 Å². The van der Waals surface area contributed by atoms with Crippen molar-refractivity contribution in [3.63, 3.8) is 0 Å². The standard InChI is InChI=1S/C22H34O/c1-5-7-9-20(21-12-10-19(3)11-13-21)14-16-22(4,17-18-23)15-8-6-2/h10-14,16,18,20H,5-9,15,17H2,1-4H3/b16-14+/t20-,22+/m1/s1. The number of aldehydes is 1. The van der Waals surface area contributed by atoms with Crippen molar-refractivity contribution in [3.8, 4) is 0 Å². The van der Waals surface area contributed by atoms with Crippen LogP contribution in [0.3, 0.4) is 0 Å². The molecular formula is C22H34O. The smallest absolute Gasteiger partial charge is 0.120 e. The Morgan fingerprint density at radius 3 is 2.30 bits per heavy atom. The van der Waals surface area contributed by atoms with Gasteiger partial charge in [0.1, 0.15) is 6.29 Å². The Morgan fingerprint density at radius 2 is 1.74 bits per heavy atom. The number of carbonyl (C=O) groups is 1. The number of hydrogen-bond acceptors (Lipinski definition) is 1. The number of rotatable bonds is 11. The minimum Gasteiger partial charge on any atom is -0.303 e. The van der Waals surface area contributed by atoms with Crippen LogP contribution in [0.4, 0.5) is 0 Å². The highest BCUT2D eigenvalue weighted by atomic mass is 16.1. The summed E-state index contributed by atoms with van der Waals surface area (Å²) in [4.78, 5) is 11.1. The molecule has 0 N–H and O–H groups in total. The van der Waals surface area contributed by atoms with Gasteiger partial charge in [-0.2, -0.15) is 0 Å². The monoisotopic (exact) mass is 314 g/mol. The van der Waals surface area contributed by atoms with Crippen LogP contribution in [-0.4, -0.2) is 6.29 Å². The maximum absolute atomic E-state index is 11.1. The second-order valence-electron chi connectivity index (χ2n) is 7.15. The van der Waals surface area contributed by atoms with Crippen molar-refractivity contribution in [2.45, 2.75) is 78.6 Å². The minimum absolute atomic E-state index is 0.00687. The van der Waals surface area contributed by atoms with Crippen molar-refractivity contribution in [2.24, 2.45) is 5.41 Å². The topological polar surface area (TPSA) is 17.1 Å². The van der Waals surface area contributed by atoms with E-state index in [0.717, 1.165) is 12.7 Å². The third-order valence-corrected chi connectivity index (χ3v) is 4.76. The molecule has 1 nitrogen and oxygen atoms in total. The number of aryl methyl sites for hydroxylation is 1. The van der Waals surface area contributed by atoms with E-state index >= 15 is 0 Å². The zero-order valence-electron chi connectivity index (χ0n) is 15.5. The third kappa shape index (κ3) is 7.16. The van der Waals surface area contributed by atoms with Crippen LogP contribution in [0.15, 0.2) is 36.4 Å². The van der Waals surface area contributed by atoms with Crippen LogP contribution in [0.25, 0.3) is 0 Å². The zero-order valence-corrected chi connectivity index (χ0v) is 15.5. The Bertz CT molecular complexity index is 471. The largest absolute Gasteiger partial charge is 0.303 e. The lowest BCUT2D eigenvalue weighted by atomic mass is 9.80. The quantitative estimate of drug-likeness (QED) is 0.332. The summed E-state index contributed by atoms with van der Waals surface area (Å²) in [6.45, 7) is 8.81. The summed E-state index contributed by atoms with van der Waals surface area (Å²) >= 11 is 0. The maximum atomic E-state index is 11.1. The molecule has 0 aromatic heterocycles. The Hall–Kier alpha value is -1.37. The zero-order chi connectivity index (χ0) is 17.1. The van der Waals surface area contributed by atoms with Crippen molar-refractivity contribution >= 4 is 6.29 Å². The number of benzene rings is 1. The van der Waals surface area contributed by atoms with Gasteiger partial charge in [0, 0.05) is 12.3 Å². The molecule has 1 aromatic carbocycles.